The van der Waals surface area contributed by atoms with Crippen LogP contribution in [0, 0.1) is 0 Å². The van der Waals surface area contributed by atoms with E-state index in [4.69, 9.17) is 5.11 Å². The van der Waals surface area contributed by atoms with Crippen LogP contribution in [0.15, 0.2) is 0 Å². The van der Waals surface area contributed by atoms with E-state index < -0.39 is 19.3 Å². The molecule has 0 saturated heterocycles. The second-order valence-corrected chi connectivity index (χ2v) is 4.18. The maximum absolute atomic E-state index is 10.5. The van der Waals surface area contributed by atoms with E-state index in [0.717, 1.165) is 19.3 Å². The molecule has 0 rings (SSSR count). The van der Waals surface area contributed by atoms with Crippen LogP contribution in [0.3, 0.4) is 0 Å². The molecule has 5 heteroatoms. The third kappa shape index (κ3) is 5.58. The Morgan fingerprint density at radius 2 is 1.92 bits per heavy atom. The van der Waals surface area contributed by atoms with Crippen molar-refractivity contribution in [2.75, 3.05) is 0 Å². The molecular formula is C8H15O4P. The van der Waals surface area contributed by atoms with Gasteiger partial charge in [0, 0.05) is 0 Å². The van der Waals surface area contributed by atoms with Crippen molar-refractivity contribution in [3.63, 3.8) is 0 Å². The van der Waals surface area contributed by atoms with Crippen molar-refractivity contribution in [2.45, 2.75) is 44.7 Å². The summed E-state index contributed by atoms with van der Waals surface area (Å²) in [4.78, 5) is 10.4. The van der Waals surface area contributed by atoms with Crippen LogP contribution in [0.1, 0.15) is 39.0 Å². The molecular weight excluding hydrogens is 191 g/mol. The van der Waals surface area contributed by atoms with Crippen LogP contribution in [0.2, 0.25) is 0 Å². The van der Waals surface area contributed by atoms with Crippen LogP contribution in [-0.2, 0) is 13.9 Å². The third-order valence-corrected chi connectivity index (χ3v) is 2.86. The van der Waals surface area contributed by atoms with E-state index in [1.807, 2.05) is 6.92 Å². The first kappa shape index (κ1) is 12.4. The monoisotopic (exact) mass is 206 g/mol. The van der Waals surface area contributed by atoms with Crippen molar-refractivity contribution in [2.24, 2.45) is 0 Å². The van der Waals surface area contributed by atoms with E-state index in [0.29, 0.717) is 6.42 Å². The molecule has 0 bridgehead atoms. The molecule has 0 aliphatic rings. The molecule has 0 spiro atoms. The average molecular weight is 206 g/mol. The SMILES string of the molecule is CCCCCCC(C(=O)O)P(=O)=O. The number of aliphatic carboxylic acids is 1. The third-order valence-electron chi connectivity index (χ3n) is 1.87. The summed E-state index contributed by atoms with van der Waals surface area (Å²) in [6.45, 7) is 2.04. The van der Waals surface area contributed by atoms with Gasteiger partial charge in [-0.1, -0.05) is 32.6 Å². The molecule has 0 aliphatic heterocycles. The van der Waals surface area contributed by atoms with Gasteiger partial charge in [0.05, 0.1) is 0 Å². The van der Waals surface area contributed by atoms with Gasteiger partial charge in [0.25, 0.3) is 0 Å². The number of hydrogen-bond acceptors (Lipinski definition) is 3. The van der Waals surface area contributed by atoms with Crippen molar-refractivity contribution in [3.05, 3.63) is 0 Å². The molecule has 1 N–H and O–H groups in total. The summed E-state index contributed by atoms with van der Waals surface area (Å²) in [5, 5.41) is 8.52. The predicted octanol–water partition coefficient (Wildman–Crippen LogP) is 2.58. The minimum atomic E-state index is -2.82. The van der Waals surface area contributed by atoms with Crippen LogP contribution in [0.25, 0.3) is 0 Å². The predicted molar refractivity (Wildman–Crippen MR) is 48.5 cm³/mol. The highest BCUT2D eigenvalue weighted by molar-refractivity contribution is 7.33. The van der Waals surface area contributed by atoms with Crippen molar-refractivity contribution in [1.29, 1.82) is 0 Å². The number of carbonyl (C=O) groups is 1. The van der Waals surface area contributed by atoms with Gasteiger partial charge in [-0.2, -0.15) is 0 Å². The average Bonchev–Trinajstić information content (AvgIpc) is 2.02. The zero-order chi connectivity index (χ0) is 10.3. The Morgan fingerprint density at radius 1 is 1.31 bits per heavy atom. The van der Waals surface area contributed by atoms with Crippen molar-refractivity contribution in [1.82, 2.24) is 0 Å². The van der Waals surface area contributed by atoms with Crippen LogP contribution in [0.4, 0.5) is 0 Å². The van der Waals surface area contributed by atoms with Gasteiger partial charge in [-0.05, 0) is 6.42 Å². The Bertz CT molecular complexity index is 214. The molecule has 0 radical (unpaired) electrons. The van der Waals surface area contributed by atoms with Gasteiger partial charge < -0.3 is 5.11 Å². The first-order valence-corrected chi connectivity index (χ1v) is 5.70. The minimum absolute atomic E-state index is 0.244. The van der Waals surface area contributed by atoms with Gasteiger partial charge in [0.1, 0.15) is 0 Å². The maximum atomic E-state index is 10.5. The summed E-state index contributed by atoms with van der Waals surface area (Å²) in [6.07, 6.45) is 3.91. The maximum Gasteiger partial charge on any atom is 0.330 e. The lowest BCUT2D eigenvalue weighted by Crippen LogP contribution is -2.13. The van der Waals surface area contributed by atoms with Crippen molar-refractivity contribution >= 4 is 13.6 Å². The highest BCUT2D eigenvalue weighted by atomic mass is 31.1. The Labute approximate surface area is 78.2 Å². The molecule has 0 aromatic heterocycles. The molecule has 1 unspecified atom stereocenters. The fraction of sp³-hybridized carbons (Fsp3) is 0.875. The first-order valence-electron chi connectivity index (χ1n) is 4.46. The standard InChI is InChI=1S/C8H15O4P/c1-2-3-4-5-6-7(8(9)10)13(11)12/h7H,2-6H2,1H3,(H,9,10). The van der Waals surface area contributed by atoms with Gasteiger partial charge in [-0.15, -0.1) is 0 Å². The van der Waals surface area contributed by atoms with Gasteiger partial charge in [-0.25, -0.2) is 9.13 Å². The van der Waals surface area contributed by atoms with Gasteiger partial charge in [-0.3, -0.25) is 4.79 Å². The minimum Gasteiger partial charge on any atom is -0.480 e. The lowest BCUT2D eigenvalue weighted by atomic mass is 10.1. The number of unbranched alkanes of at least 4 members (excludes halogenated alkanes) is 3. The first-order chi connectivity index (χ1) is 6.09. The van der Waals surface area contributed by atoms with Crippen LogP contribution >= 0.6 is 7.68 Å². The number of carboxylic acids is 1. The Balaban J connectivity index is 3.78. The van der Waals surface area contributed by atoms with Crippen molar-refractivity contribution in [3.8, 4) is 0 Å². The second-order valence-electron chi connectivity index (χ2n) is 2.99. The molecule has 0 heterocycles. The molecule has 0 amide bonds. The Morgan fingerprint density at radius 3 is 2.31 bits per heavy atom. The number of carboxylic acid groups (broad SMARTS) is 1. The van der Waals surface area contributed by atoms with Crippen LogP contribution in [0.5, 0.6) is 0 Å². The smallest absolute Gasteiger partial charge is 0.330 e. The highest BCUT2D eigenvalue weighted by Gasteiger charge is 2.22. The lowest BCUT2D eigenvalue weighted by molar-refractivity contribution is -0.136. The van der Waals surface area contributed by atoms with E-state index in [2.05, 4.69) is 0 Å². The second kappa shape index (κ2) is 6.84. The zero-order valence-corrected chi connectivity index (χ0v) is 8.63. The summed E-state index contributed by atoms with van der Waals surface area (Å²) < 4.78 is 20.9. The van der Waals surface area contributed by atoms with Gasteiger partial charge >= 0.3 is 13.6 Å². The van der Waals surface area contributed by atoms with Crippen LogP contribution in [-0.4, -0.2) is 16.7 Å². The summed E-state index contributed by atoms with van der Waals surface area (Å²) >= 11 is 0. The molecule has 76 valence electrons. The fourth-order valence-corrected chi connectivity index (χ4v) is 1.66. The summed E-state index contributed by atoms with van der Waals surface area (Å²) in [6, 6.07) is 0. The molecule has 0 aromatic carbocycles. The Kier molecular flexibility index (Phi) is 6.51. The van der Waals surface area contributed by atoms with Crippen LogP contribution < -0.4 is 0 Å². The zero-order valence-electron chi connectivity index (χ0n) is 7.73. The van der Waals surface area contributed by atoms with E-state index >= 15 is 0 Å². The Hall–Kier alpha value is -0.630. The fourth-order valence-electron chi connectivity index (χ4n) is 1.08. The van der Waals surface area contributed by atoms with E-state index in [1.54, 1.807) is 0 Å². The molecule has 13 heavy (non-hydrogen) atoms. The van der Waals surface area contributed by atoms with Gasteiger partial charge in [0.15, 0.2) is 5.66 Å². The van der Waals surface area contributed by atoms with E-state index in [1.165, 1.54) is 0 Å². The topological polar surface area (TPSA) is 71.4 Å². The summed E-state index contributed by atoms with van der Waals surface area (Å²) in [5.74, 6) is -1.23. The number of hydrogen-bond donors (Lipinski definition) is 1. The molecule has 0 aromatic rings. The molecule has 4 nitrogen and oxygen atoms in total. The summed E-state index contributed by atoms with van der Waals surface area (Å²) in [7, 11) is -2.82. The molecule has 0 aliphatic carbocycles. The molecule has 0 saturated carbocycles. The van der Waals surface area contributed by atoms with E-state index in [-0.39, 0.29) is 6.42 Å². The highest BCUT2D eigenvalue weighted by Crippen LogP contribution is 2.21. The normalized spacial score (nSPS) is 12.4. The summed E-state index contributed by atoms with van der Waals surface area (Å²) in [5.41, 5.74) is -1.19. The largest absolute Gasteiger partial charge is 0.480 e. The number of rotatable bonds is 7. The quantitative estimate of drug-likeness (QED) is 0.513. The van der Waals surface area contributed by atoms with E-state index in [9.17, 15) is 13.9 Å². The van der Waals surface area contributed by atoms with Crippen molar-refractivity contribution < 1.29 is 19.0 Å². The molecule has 1 atom stereocenters. The lowest BCUT2D eigenvalue weighted by Gasteiger charge is -2.02. The van der Waals surface area contributed by atoms with Gasteiger partial charge in [0.2, 0.25) is 0 Å². The molecule has 0 fully saturated rings.